The highest BCUT2D eigenvalue weighted by Crippen LogP contribution is 2.26. The molecule has 0 spiro atoms. The molecular formula is C19H25ClN4O2. The first-order valence-corrected chi connectivity index (χ1v) is 9.86. The van der Waals surface area contributed by atoms with Crippen LogP contribution in [0, 0.1) is 0 Å². The Labute approximate surface area is 159 Å². The van der Waals surface area contributed by atoms with Crippen LogP contribution in [-0.2, 0) is 4.79 Å². The Kier molecular flexibility index (Phi) is 5.05. The van der Waals surface area contributed by atoms with Gasteiger partial charge in [-0.1, -0.05) is 17.7 Å². The van der Waals surface area contributed by atoms with Crippen LogP contribution >= 0.6 is 11.6 Å². The number of piperazine rings is 1. The maximum absolute atomic E-state index is 12.5. The van der Waals surface area contributed by atoms with Crippen molar-refractivity contribution >= 4 is 29.2 Å². The molecule has 3 aliphatic heterocycles. The number of benzene rings is 1. The van der Waals surface area contributed by atoms with Gasteiger partial charge in [-0.25, -0.2) is 4.79 Å². The molecule has 0 bridgehead atoms. The smallest absolute Gasteiger partial charge is 0.327 e. The summed E-state index contributed by atoms with van der Waals surface area (Å²) >= 11 is 6.08. The molecular weight excluding hydrogens is 352 g/mol. The van der Waals surface area contributed by atoms with Gasteiger partial charge >= 0.3 is 6.03 Å². The van der Waals surface area contributed by atoms with Crippen LogP contribution in [0.5, 0.6) is 0 Å². The van der Waals surface area contributed by atoms with E-state index >= 15 is 0 Å². The van der Waals surface area contributed by atoms with Gasteiger partial charge in [-0.05, 0) is 37.5 Å². The fourth-order valence-corrected chi connectivity index (χ4v) is 4.38. The number of anilines is 1. The van der Waals surface area contributed by atoms with Gasteiger partial charge < -0.3 is 9.80 Å². The van der Waals surface area contributed by atoms with Crippen molar-refractivity contribution in [3.63, 3.8) is 0 Å². The van der Waals surface area contributed by atoms with Crippen LogP contribution in [0.2, 0.25) is 5.02 Å². The van der Waals surface area contributed by atoms with Crippen molar-refractivity contribution in [1.29, 1.82) is 0 Å². The Hall–Kier alpha value is -1.79. The third kappa shape index (κ3) is 3.40. The molecule has 1 aromatic rings. The molecule has 3 amide bonds. The SMILES string of the molecule is O=C1[C@H]2CCCCN2C(=O)N1CCN1CCN(c2cccc(Cl)c2)CC1. The van der Waals surface area contributed by atoms with Gasteiger partial charge in [0.1, 0.15) is 6.04 Å². The lowest BCUT2D eigenvalue weighted by atomic mass is 10.0. The van der Waals surface area contributed by atoms with Crippen molar-refractivity contribution in [3.8, 4) is 0 Å². The number of nitrogens with zero attached hydrogens (tertiary/aromatic N) is 4. The molecule has 1 aromatic carbocycles. The largest absolute Gasteiger partial charge is 0.369 e. The Bertz CT molecular complexity index is 666. The van der Waals surface area contributed by atoms with Crippen LogP contribution in [0.15, 0.2) is 24.3 Å². The first-order valence-electron chi connectivity index (χ1n) is 9.48. The first kappa shape index (κ1) is 17.6. The average Bonchev–Trinajstić information content (AvgIpc) is 2.91. The fourth-order valence-electron chi connectivity index (χ4n) is 4.20. The number of urea groups is 1. The van der Waals surface area contributed by atoms with E-state index in [1.807, 2.05) is 18.2 Å². The zero-order chi connectivity index (χ0) is 18.1. The van der Waals surface area contributed by atoms with Crippen LogP contribution < -0.4 is 4.90 Å². The predicted octanol–water partition coefficient (Wildman–Crippen LogP) is 2.28. The van der Waals surface area contributed by atoms with Crippen molar-refractivity contribution in [1.82, 2.24) is 14.7 Å². The van der Waals surface area contributed by atoms with E-state index in [2.05, 4.69) is 15.9 Å². The summed E-state index contributed by atoms with van der Waals surface area (Å²) in [4.78, 5) is 32.9. The average molecular weight is 377 g/mol. The summed E-state index contributed by atoms with van der Waals surface area (Å²) in [6.45, 7) is 5.69. The number of hydrogen-bond donors (Lipinski definition) is 0. The molecule has 0 aliphatic carbocycles. The lowest BCUT2D eigenvalue weighted by Gasteiger charge is -2.36. The molecule has 0 unspecified atom stereocenters. The van der Waals surface area contributed by atoms with E-state index in [9.17, 15) is 9.59 Å². The molecule has 0 aromatic heterocycles. The van der Waals surface area contributed by atoms with Crippen LogP contribution in [0.4, 0.5) is 10.5 Å². The number of imide groups is 1. The van der Waals surface area contributed by atoms with Gasteiger partial charge in [0.2, 0.25) is 0 Å². The van der Waals surface area contributed by atoms with Gasteiger partial charge in [0.05, 0.1) is 0 Å². The monoisotopic (exact) mass is 376 g/mol. The second kappa shape index (κ2) is 7.45. The summed E-state index contributed by atoms with van der Waals surface area (Å²) in [5, 5.41) is 0.757. The van der Waals surface area contributed by atoms with Gasteiger partial charge in [0, 0.05) is 56.5 Å². The minimum atomic E-state index is -0.198. The second-order valence-corrected chi connectivity index (χ2v) is 7.72. The second-order valence-electron chi connectivity index (χ2n) is 7.29. The van der Waals surface area contributed by atoms with E-state index in [1.54, 1.807) is 4.90 Å². The van der Waals surface area contributed by atoms with Crippen molar-refractivity contribution in [3.05, 3.63) is 29.3 Å². The number of carbonyl (C=O) groups is 2. The molecule has 0 radical (unpaired) electrons. The van der Waals surface area contributed by atoms with E-state index < -0.39 is 0 Å². The van der Waals surface area contributed by atoms with Gasteiger partial charge in [-0.2, -0.15) is 0 Å². The quantitative estimate of drug-likeness (QED) is 0.756. The van der Waals surface area contributed by atoms with Gasteiger partial charge in [-0.3, -0.25) is 14.6 Å². The van der Waals surface area contributed by atoms with Crippen LogP contribution in [0.1, 0.15) is 19.3 Å². The predicted molar refractivity (Wildman–Crippen MR) is 102 cm³/mol. The van der Waals surface area contributed by atoms with Gasteiger partial charge in [-0.15, -0.1) is 0 Å². The summed E-state index contributed by atoms with van der Waals surface area (Å²) in [6.07, 6.45) is 2.87. The zero-order valence-electron chi connectivity index (χ0n) is 14.9. The van der Waals surface area contributed by atoms with Crippen LogP contribution in [0.3, 0.4) is 0 Å². The zero-order valence-corrected chi connectivity index (χ0v) is 15.7. The van der Waals surface area contributed by atoms with Crippen molar-refractivity contribution in [2.45, 2.75) is 25.3 Å². The Morgan fingerprint density at radius 3 is 2.54 bits per heavy atom. The van der Waals surface area contributed by atoms with E-state index in [-0.39, 0.29) is 18.0 Å². The molecule has 6 nitrogen and oxygen atoms in total. The number of rotatable bonds is 4. The van der Waals surface area contributed by atoms with Gasteiger partial charge in [0.15, 0.2) is 0 Å². The number of hydrogen-bond acceptors (Lipinski definition) is 4. The Morgan fingerprint density at radius 1 is 1.00 bits per heavy atom. The standard InChI is InChI=1S/C19H25ClN4O2/c20-15-4-3-5-16(14-15)22-11-8-21(9-12-22)10-13-24-18(25)17-6-1-2-7-23(17)19(24)26/h3-5,14,17H,1-2,6-13H2/t17-/m1/s1. The van der Waals surface area contributed by atoms with Crippen molar-refractivity contribution < 1.29 is 9.59 Å². The maximum Gasteiger partial charge on any atom is 0.327 e. The number of piperidine rings is 1. The normalized spacial score (nSPS) is 24.3. The molecule has 3 saturated heterocycles. The molecule has 3 heterocycles. The molecule has 0 N–H and O–H groups in total. The van der Waals surface area contributed by atoms with Crippen LogP contribution in [-0.4, -0.2) is 78.5 Å². The molecule has 140 valence electrons. The van der Waals surface area contributed by atoms with Crippen molar-refractivity contribution in [2.24, 2.45) is 0 Å². The van der Waals surface area contributed by atoms with E-state index in [0.717, 1.165) is 69.2 Å². The number of amides is 3. The minimum Gasteiger partial charge on any atom is -0.369 e. The highest BCUT2D eigenvalue weighted by molar-refractivity contribution is 6.30. The molecule has 26 heavy (non-hydrogen) atoms. The molecule has 1 atom stereocenters. The summed E-state index contributed by atoms with van der Waals surface area (Å²) in [7, 11) is 0. The van der Waals surface area contributed by atoms with Crippen molar-refractivity contribution in [2.75, 3.05) is 50.7 Å². The molecule has 7 heteroatoms. The molecule has 4 rings (SSSR count). The molecule has 3 fully saturated rings. The number of carbonyl (C=O) groups excluding carboxylic acids is 2. The third-order valence-corrected chi connectivity index (χ3v) is 5.95. The summed E-state index contributed by atoms with van der Waals surface area (Å²) in [5.74, 6) is 0.00673. The minimum absolute atomic E-state index is 0.00673. The third-order valence-electron chi connectivity index (χ3n) is 5.72. The molecule has 3 aliphatic rings. The Morgan fingerprint density at radius 2 is 1.81 bits per heavy atom. The summed E-state index contributed by atoms with van der Waals surface area (Å²) in [6, 6.07) is 7.66. The number of fused-ring (bicyclic) bond motifs is 1. The Balaban J connectivity index is 1.29. The van der Waals surface area contributed by atoms with E-state index in [1.165, 1.54) is 4.90 Å². The summed E-state index contributed by atoms with van der Waals surface area (Å²) < 4.78 is 0. The highest BCUT2D eigenvalue weighted by Gasteiger charge is 2.45. The molecule has 0 saturated carbocycles. The van der Waals surface area contributed by atoms with Crippen LogP contribution in [0.25, 0.3) is 0 Å². The highest BCUT2D eigenvalue weighted by atomic mass is 35.5. The van der Waals surface area contributed by atoms with E-state index in [4.69, 9.17) is 11.6 Å². The maximum atomic E-state index is 12.5. The fraction of sp³-hybridized carbons (Fsp3) is 0.579. The summed E-state index contributed by atoms with van der Waals surface area (Å²) in [5.41, 5.74) is 1.15. The lowest BCUT2D eigenvalue weighted by Crippen LogP contribution is -2.49. The lowest BCUT2D eigenvalue weighted by molar-refractivity contribution is -0.129. The van der Waals surface area contributed by atoms with E-state index in [0.29, 0.717) is 6.54 Å². The first-order chi connectivity index (χ1) is 12.6. The van der Waals surface area contributed by atoms with Gasteiger partial charge in [0.25, 0.3) is 5.91 Å². The topological polar surface area (TPSA) is 47.1 Å². The number of halogens is 1.